The number of anilines is 5. The molecule has 9 aromatic carbocycles. The molecule has 0 unspecified atom stereocenters. The molecule has 1 aliphatic carbocycles. The van der Waals surface area contributed by atoms with Gasteiger partial charge in [-0.05, 0) is 138 Å². The summed E-state index contributed by atoms with van der Waals surface area (Å²) in [6.45, 7) is 13.9. The molecule has 2 nitrogen and oxygen atoms in total. The van der Waals surface area contributed by atoms with Crippen molar-refractivity contribution in [1.82, 2.24) is 0 Å². The first-order valence-corrected chi connectivity index (χ1v) is 21.8. The predicted octanol–water partition coefficient (Wildman–Crippen LogP) is 14.3. The molecule has 61 heavy (non-hydrogen) atoms. The Morgan fingerprint density at radius 1 is 0.492 bits per heavy atom. The van der Waals surface area contributed by atoms with Gasteiger partial charge in [0.15, 0.2) is 0 Å². The molecule has 292 valence electrons. The van der Waals surface area contributed by atoms with Crippen LogP contribution in [0.4, 0.5) is 28.4 Å². The maximum Gasteiger partial charge on any atom is 0.333 e. The molecule has 12 rings (SSSR count). The summed E-state index contributed by atoms with van der Waals surface area (Å²) < 4.78 is 0. The van der Waals surface area contributed by atoms with E-state index in [0.29, 0.717) is 0 Å². The molecule has 2 heterocycles. The number of hydrogen-bond donors (Lipinski definition) is 0. The Balaban J connectivity index is 1.23. The highest BCUT2D eigenvalue weighted by atomic mass is 15.2. The second-order valence-electron chi connectivity index (χ2n) is 19.0. The topological polar surface area (TPSA) is 6.48 Å². The minimum atomic E-state index is -0.163. The first kappa shape index (κ1) is 36.1. The van der Waals surface area contributed by atoms with E-state index < -0.39 is 0 Å². The lowest BCUT2D eigenvalue weighted by atomic mass is 9.43. The Hall–Kier alpha value is -6.84. The summed E-state index contributed by atoms with van der Waals surface area (Å²) in [7, 11) is 0. The summed E-state index contributed by atoms with van der Waals surface area (Å²) in [6, 6.07) is 66.8. The van der Waals surface area contributed by atoms with Gasteiger partial charge in [-0.2, -0.15) is 0 Å². The van der Waals surface area contributed by atoms with Crippen LogP contribution < -0.4 is 20.6 Å². The summed E-state index contributed by atoms with van der Waals surface area (Å²) >= 11 is 0. The first-order chi connectivity index (χ1) is 29.6. The van der Waals surface area contributed by atoms with E-state index >= 15 is 0 Å². The van der Waals surface area contributed by atoms with Crippen molar-refractivity contribution in [2.24, 2.45) is 0 Å². The van der Waals surface area contributed by atoms with Crippen LogP contribution in [-0.4, -0.2) is 6.85 Å². The van der Waals surface area contributed by atoms with Crippen LogP contribution in [0.25, 0.3) is 54.9 Å². The van der Waals surface area contributed by atoms with Gasteiger partial charge in [0.1, 0.15) is 0 Å². The third kappa shape index (κ3) is 5.23. The van der Waals surface area contributed by atoms with Crippen LogP contribution in [0.1, 0.15) is 56.9 Å². The van der Waals surface area contributed by atoms with Crippen LogP contribution in [0.15, 0.2) is 176 Å². The lowest BCUT2D eigenvalue weighted by Crippen LogP contribution is -2.61. The van der Waals surface area contributed by atoms with Crippen molar-refractivity contribution in [3.05, 3.63) is 198 Å². The summed E-state index contributed by atoms with van der Waals surface area (Å²) in [5, 5.41) is 5.01. The smallest absolute Gasteiger partial charge is 0.333 e. The van der Waals surface area contributed by atoms with Crippen molar-refractivity contribution in [2.45, 2.75) is 52.4 Å². The Kier molecular flexibility index (Phi) is 7.59. The van der Waals surface area contributed by atoms with Crippen LogP contribution >= 0.6 is 0 Å². The minimum absolute atomic E-state index is 0.0415. The van der Waals surface area contributed by atoms with Gasteiger partial charge < -0.3 is 9.71 Å². The summed E-state index contributed by atoms with van der Waals surface area (Å²) in [6.07, 6.45) is 0. The van der Waals surface area contributed by atoms with Crippen molar-refractivity contribution in [3.63, 3.8) is 0 Å². The molecular weight excluding hydrogens is 735 g/mol. The number of benzene rings is 9. The van der Waals surface area contributed by atoms with E-state index in [1.807, 2.05) is 0 Å². The number of nitrogens with zero attached hydrogens (tertiary/aromatic N) is 2. The average Bonchev–Trinajstić information content (AvgIpc) is 3.50. The molecule has 0 fully saturated rings. The quantitative estimate of drug-likeness (QED) is 0.165. The normalized spacial score (nSPS) is 14.4. The van der Waals surface area contributed by atoms with Gasteiger partial charge in [0, 0.05) is 39.1 Å². The Labute approximate surface area is 359 Å². The average molecular weight is 783 g/mol. The highest BCUT2D eigenvalue weighted by Gasteiger charge is 2.48. The van der Waals surface area contributed by atoms with Gasteiger partial charge >= 0.3 is 6.85 Å². The van der Waals surface area contributed by atoms with Crippen molar-refractivity contribution in [2.75, 3.05) is 9.71 Å². The maximum absolute atomic E-state index is 2.68. The van der Waals surface area contributed by atoms with Crippen LogP contribution in [0.2, 0.25) is 0 Å². The minimum Gasteiger partial charge on any atom is -0.376 e. The van der Waals surface area contributed by atoms with Crippen LogP contribution in [-0.2, 0) is 10.8 Å². The zero-order valence-corrected chi connectivity index (χ0v) is 35.7. The van der Waals surface area contributed by atoms with E-state index in [9.17, 15) is 0 Å². The van der Waals surface area contributed by atoms with E-state index in [1.54, 1.807) is 0 Å². The van der Waals surface area contributed by atoms with Gasteiger partial charge in [-0.15, -0.1) is 0 Å². The zero-order valence-electron chi connectivity index (χ0n) is 35.7. The van der Waals surface area contributed by atoms with E-state index in [0.717, 1.165) is 0 Å². The highest BCUT2D eigenvalue weighted by Crippen LogP contribution is 2.54. The van der Waals surface area contributed by atoms with Gasteiger partial charge in [-0.1, -0.05) is 162 Å². The molecule has 3 heteroatoms. The maximum atomic E-state index is 2.68. The standard InChI is InChI=1S/C58H47BN2/c1-36-30-40(37-16-8-7-9-17-37)24-29-52(36)60-54-35-50-46(45-22-14-15-23-49(45)58(50,5)6)34-51(54)59-55-48(32-41-20-12-13-21-44(41)56(55)60)47-31-38-18-10-11-19-39(38)33-53(47)61(59)43-27-25-42(26-28-43)57(2,3)4/h7-35H,1-6H3. The van der Waals surface area contributed by atoms with Crippen molar-refractivity contribution < 1.29 is 0 Å². The van der Waals surface area contributed by atoms with Crippen LogP contribution in [0.3, 0.4) is 0 Å². The molecule has 0 N–H and O–H groups in total. The number of rotatable bonds is 3. The monoisotopic (exact) mass is 782 g/mol. The second kappa shape index (κ2) is 12.8. The highest BCUT2D eigenvalue weighted by molar-refractivity contribution is 6.94. The van der Waals surface area contributed by atoms with Crippen molar-refractivity contribution in [1.29, 1.82) is 0 Å². The van der Waals surface area contributed by atoms with Gasteiger partial charge in [-0.3, -0.25) is 0 Å². The molecule has 0 saturated heterocycles. The third-order valence-corrected chi connectivity index (χ3v) is 14.1. The molecule has 0 aromatic heterocycles. The Morgan fingerprint density at radius 2 is 1.16 bits per heavy atom. The molecule has 2 aliphatic heterocycles. The lowest BCUT2D eigenvalue weighted by molar-refractivity contribution is 0.590. The van der Waals surface area contributed by atoms with Gasteiger partial charge in [0.2, 0.25) is 0 Å². The van der Waals surface area contributed by atoms with Crippen LogP contribution in [0.5, 0.6) is 0 Å². The molecule has 3 aliphatic rings. The lowest BCUT2D eigenvalue weighted by Gasteiger charge is -2.47. The molecule has 0 radical (unpaired) electrons. The van der Waals surface area contributed by atoms with E-state index in [1.165, 1.54) is 117 Å². The SMILES string of the molecule is Cc1cc(-c2ccccc2)ccc1N1c2cc3c(cc2B2c4c(cc5ccccc5c41)-c1cc4ccccc4cc1N2c1ccc(C(C)(C)C)cc1)-c1ccccc1C3(C)C. The summed E-state index contributed by atoms with van der Waals surface area (Å²) in [5.41, 5.74) is 21.8. The third-order valence-electron chi connectivity index (χ3n) is 14.1. The predicted molar refractivity (Wildman–Crippen MR) is 262 cm³/mol. The molecule has 0 spiro atoms. The van der Waals surface area contributed by atoms with Gasteiger partial charge in [0.05, 0.1) is 5.69 Å². The fourth-order valence-electron chi connectivity index (χ4n) is 11.0. The fourth-order valence-corrected chi connectivity index (χ4v) is 11.0. The van der Waals surface area contributed by atoms with E-state index in [2.05, 4.69) is 227 Å². The van der Waals surface area contributed by atoms with Crippen molar-refractivity contribution in [3.8, 4) is 33.4 Å². The fraction of sp³-hybridized carbons (Fsp3) is 0.138. The number of aryl methyl sites for hydroxylation is 1. The number of fused-ring (bicyclic) bond motifs is 10. The van der Waals surface area contributed by atoms with E-state index in [-0.39, 0.29) is 17.7 Å². The first-order valence-electron chi connectivity index (χ1n) is 21.8. The molecule has 0 bridgehead atoms. The molecule has 9 aromatic rings. The molecule has 0 amide bonds. The largest absolute Gasteiger partial charge is 0.376 e. The molecular formula is C58H47BN2. The molecule has 0 saturated carbocycles. The van der Waals surface area contributed by atoms with Crippen LogP contribution in [0, 0.1) is 6.92 Å². The summed E-state index contributed by atoms with van der Waals surface area (Å²) in [4.78, 5) is 5.32. The van der Waals surface area contributed by atoms with Crippen molar-refractivity contribution >= 4 is 67.8 Å². The van der Waals surface area contributed by atoms with Gasteiger partial charge in [-0.25, -0.2) is 0 Å². The second-order valence-corrected chi connectivity index (χ2v) is 19.0. The van der Waals surface area contributed by atoms with E-state index in [4.69, 9.17) is 0 Å². The zero-order chi connectivity index (χ0) is 41.4. The molecule has 0 atom stereocenters. The Bertz CT molecular complexity index is 3280. The number of hydrogen-bond acceptors (Lipinski definition) is 2. The van der Waals surface area contributed by atoms with Gasteiger partial charge in [0.25, 0.3) is 0 Å². The summed E-state index contributed by atoms with van der Waals surface area (Å²) in [5.74, 6) is 0. The Morgan fingerprint density at radius 3 is 1.92 bits per heavy atom.